The van der Waals surface area contributed by atoms with Gasteiger partial charge in [0.05, 0.1) is 0 Å². The number of phenolic OH excluding ortho intramolecular Hbond substituents is 2. The van der Waals surface area contributed by atoms with Gasteiger partial charge in [-0.3, -0.25) is 4.79 Å². The molecule has 0 aromatic heterocycles. The van der Waals surface area contributed by atoms with Crippen molar-refractivity contribution in [2.45, 2.75) is 0 Å². The van der Waals surface area contributed by atoms with E-state index in [1.54, 1.807) is 48.5 Å². The molecule has 6 heteroatoms. The smallest absolute Gasteiger partial charge is 0.342 e. The third-order valence-corrected chi connectivity index (χ3v) is 3.61. The summed E-state index contributed by atoms with van der Waals surface area (Å²) in [6, 6.07) is 16.4. The number of rotatable bonds is 4. The third-order valence-electron chi connectivity index (χ3n) is 3.61. The molecule has 3 rings (SSSR count). The molecular weight excluding hydrogens is 322 g/mol. The number of para-hydroxylation sites is 1. The average Bonchev–Trinajstić information content (AvgIpc) is 2.63. The van der Waals surface area contributed by atoms with Gasteiger partial charge >= 0.3 is 5.97 Å². The lowest BCUT2D eigenvalue weighted by molar-refractivity contribution is -0.119. The van der Waals surface area contributed by atoms with Crippen molar-refractivity contribution in [3.8, 4) is 11.5 Å². The van der Waals surface area contributed by atoms with Crippen LogP contribution in [-0.2, 0) is 9.53 Å². The van der Waals surface area contributed by atoms with Gasteiger partial charge in [0, 0.05) is 16.5 Å². The van der Waals surface area contributed by atoms with Crippen molar-refractivity contribution in [1.82, 2.24) is 0 Å². The number of anilines is 1. The first-order chi connectivity index (χ1) is 12.1. The Balaban J connectivity index is 1.72. The number of carbonyl (C=O) groups is 2. The number of ether oxygens (including phenoxy) is 1. The summed E-state index contributed by atoms with van der Waals surface area (Å²) < 4.78 is 4.92. The highest BCUT2D eigenvalue weighted by molar-refractivity contribution is 6.04. The number of benzene rings is 3. The van der Waals surface area contributed by atoms with Crippen molar-refractivity contribution >= 4 is 28.3 Å². The molecule has 0 bridgehead atoms. The van der Waals surface area contributed by atoms with E-state index in [1.807, 2.05) is 6.07 Å². The Morgan fingerprint density at radius 3 is 2.28 bits per heavy atom. The highest BCUT2D eigenvalue weighted by Crippen LogP contribution is 2.35. The lowest BCUT2D eigenvalue weighted by Crippen LogP contribution is -2.20. The molecule has 0 saturated carbocycles. The summed E-state index contributed by atoms with van der Waals surface area (Å²) in [4.78, 5) is 24.0. The van der Waals surface area contributed by atoms with Crippen LogP contribution < -0.4 is 5.32 Å². The van der Waals surface area contributed by atoms with Crippen molar-refractivity contribution in [3.63, 3.8) is 0 Å². The molecule has 0 unspecified atom stereocenters. The number of aromatic hydroxyl groups is 2. The van der Waals surface area contributed by atoms with E-state index >= 15 is 0 Å². The van der Waals surface area contributed by atoms with Crippen LogP contribution in [0.3, 0.4) is 0 Å². The zero-order valence-corrected chi connectivity index (χ0v) is 13.1. The fourth-order valence-electron chi connectivity index (χ4n) is 2.42. The number of carbonyl (C=O) groups excluding carboxylic acids is 2. The first-order valence-electron chi connectivity index (χ1n) is 7.52. The number of hydrogen-bond acceptors (Lipinski definition) is 5. The molecule has 25 heavy (non-hydrogen) atoms. The van der Waals surface area contributed by atoms with E-state index in [4.69, 9.17) is 4.74 Å². The van der Waals surface area contributed by atoms with Crippen LogP contribution in [-0.4, -0.2) is 28.7 Å². The summed E-state index contributed by atoms with van der Waals surface area (Å²) in [6.45, 7) is -0.513. The second-order valence-electron chi connectivity index (χ2n) is 5.33. The molecule has 0 aliphatic carbocycles. The summed E-state index contributed by atoms with van der Waals surface area (Å²) in [6.07, 6.45) is 0. The van der Waals surface area contributed by atoms with Gasteiger partial charge in [-0.1, -0.05) is 42.5 Å². The van der Waals surface area contributed by atoms with Crippen molar-refractivity contribution in [2.75, 3.05) is 11.9 Å². The topological polar surface area (TPSA) is 95.9 Å². The summed E-state index contributed by atoms with van der Waals surface area (Å²) in [5.41, 5.74) is 0.374. The lowest BCUT2D eigenvalue weighted by atomic mass is 10.0. The average molecular weight is 337 g/mol. The van der Waals surface area contributed by atoms with Gasteiger partial charge in [-0.05, 0) is 18.2 Å². The minimum atomic E-state index is -0.901. The standard InChI is InChI=1S/C19H15NO5/c21-16-10-15(18(23)14-9-5-4-8-13(14)16)19(24)25-11-17(22)20-12-6-2-1-3-7-12/h1-10,21,23H,11H2,(H,20,22). The van der Waals surface area contributed by atoms with Crippen molar-refractivity contribution in [2.24, 2.45) is 0 Å². The van der Waals surface area contributed by atoms with Gasteiger partial charge in [0.2, 0.25) is 0 Å². The predicted octanol–water partition coefficient (Wildman–Crippen LogP) is 3.05. The van der Waals surface area contributed by atoms with E-state index < -0.39 is 18.5 Å². The molecule has 3 aromatic carbocycles. The number of esters is 1. The molecule has 0 heterocycles. The fourth-order valence-corrected chi connectivity index (χ4v) is 2.42. The Bertz CT molecular complexity index is 937. The van der Waals surface area contributed by atoms with Gasteiger partial charge in [0.1, 0.15) is 17.1 Å². The SMILES string of the molecule is O=C(COC(=O)c1cc(O)c2ccccc2c1O)Nc1ccccc1. The fraction of sp³-hybridized carbons (Fsp3) is 0.0526. The monoisotopic (exact) mass is 337 g/mol. The highest BCUT2D eigenvalue weighted by atomic mass is 16.5. The minimum Gasteiger partial charge on any atom is -0.507 e. The Labute approximate surface area is 143 Å². The Hall–Kier alpha value is -3.54. The largest absolute Gasteiger partial charge is 0.507 e. The maximum absolute atomic E-state index is 12.1. The number of fused-ring (bicyclic) bond motifs is 1. The van der Waals surface area contributed by atoms with E-state index in [0.717, 1.165) is 6.07 Å². The summed E-state index contributed by atoms with van der Waals surface area (Å²) >= 11 is 0. The molecule has 0 spiro atoms. The predicted molar refractivity (Wildman–Crippen MR) is 92.6 cm³/mol. The number of amides is 1. The Morgan fingerprint density at radius 2 is 1.56 bits per heavy atom. The Kier molecular flexibility index (Phi) is 4.52. The molecule has 1 amide bonds. The van der Waals surface area contributed by atoms with E-state index in [2.05, 4.69) is 5.32 Å². The van der Waals surface area contributed by atoms with Gasteiger partial charge in [-0.25, -0.2) is 4.79 Å². The van der Waals surface area contributed by atoms with Crippen LogP contribution in [0.5, 0.6) is 11.5 Å². The van der Waals surface area contributed by atoms with E-state index in [1.165, 1.54) is 0 Å². The van der Waals surface area contributed by atoms with Crippen LogP contribution in [0, 0.1) is 0 Å². The number of phenols is 2. The second-order valence-corrected chi connectivity index (χ2v) is 5.33. The van der Waals surface area contributed by atoms with Gasteiger partial charge in [-0.2, -0.15) is 0 Å². The molecule has 0 radical (unpaired) electrons. The number of nitrogens with one attached hydrogen (secondary N) is 1. The van der Waals surface area contributed by atoms with Crippen LogP contribution in [0.15, 0.2) is 60.7 Å². The summed E-state index contributed by atoms with van der Waals surface area (Å²) in [5.74, 6) is -1.87. The molecule has 3 aromatic rings. The number of hydrogen-bond donors (Lipinski definition) is 3. The van der Waals surface area contributed by atoms with Crippen LogP contribution in [0.4, 0.5) is 5.69 Å². The van der Waals surface area contributed by atoms with Crippen molar-refractivity contribution in [1.29, 1.82) is 0 Å². The van der Waals surface area contributed by atoms with Gasteiger partial charge in [0.15, 0.2) is 6.61 Å². The maximum atomic E-state index is 12.1. The van der Waals surface area contributed by atoms with Gasteiger partial charge < -0.3 is 20.3 Å². The highest BCUT2D eigenvalue weighted by Gasteiger charge is 2.19. The van der Waals surface area contributed by atoms with Crippen LogP contribution in [0.2, 0.25) is 0 Å². The molecule has 0 atom stereocenters. The lowest BCUT2D eigenvalue weighted by Gasteiger charge is -2.10. The van der Waals surface area contributed by atoms with Gasteiger partial charge in [-0.15, -0.1) is 0 Å². The maximum Gasteiger partial charge on any atom is 0.342 e. The third kappa shape index (κ3) is 3.53. The molecule has 0 fully saturated rings. The molecule has 0 aliphatic rings. The quantitative estimate of drug-likeness (QED) is 0.502. The van der Waals surface area contributed by atoms with E-state index in [9.17, 15) is 19.8 Å². The zero-order valence-electron chi connectivity index (χ0n) is 13.1. The molecule has 6 nitrogen and oxygen atoms in total. The zero-order chi connectivity index (χ0) is 17.8. The summed E-state index contributed by atoms with van der Waals surface area (Å²) in [5, 5.41) is 23.5. The van der Waals surface area contributed by atoms with Crippen LogP contribution in [0.1, 0.15) is 10.4 Å². The summed E-state index contributed by atoms with van der Waals surface area (Å²) in [7, 11) is 0. The second kappa shape index (κ2) is 6.92. The minimum absolute atomic E-state index is 0.158. The van der Waals surface area contributed by atoms with Crippen molar-refractivity contribution < 1.29 is 24.5 Å². The first kappa shape index (κ1) is 16.3. The van der Waals surface area contributed by atoms with Crippen molar-refractivity contribution in [3.05, 3.63) is 66.2 Å². The van der Waals surface area contributed by atoms with E-state index in [-0.39, 0.29) is 17.1 Å². The van der Waals surface area contributed by atoms with Crippen LogP contribution in [0.25, 0.3) is 10.8 Å². The molecule has 3 N–H and O–H groups in total. The Morgan fingerprint density at radius 1 is 0.920 bits per heavy atom. The van der Waals surface area contributed by atoms with E-state index in [0.29, 0.717) is 16.5 Å². The molecular formula is C19H15NO5. The normalized spacial score (nSPS) is 10.4. The van der Waals surface area contributed by atoms with Gasteiger partial charge in [0.25, 0.3) is 5.91 Å². The molecule has 126 valence electrons. The molecule has 0 aliphatic heterocycles. The molecule has 0 saturated heterocycles. The van der Waals surface area contributed by atoms with Crippen LogP contribution >= 0.6 is 0 Å². The first-order valence-corrected chi connectivity index (χ1v) is 7.52.